The summed E-state index contributed by atoms with van der Waals surface area (Å²) >= 11 is 0. The van der Waals surface area contributed by atoms with E-state index in [1.165, 1.54) is 13.1 Å². The molecule has 30 heavy (non-hydrogen) atoms. The number of rotatable bonds is 9. The molecule has 1 aromatic heterocycles. The number of phosphoric acid groups is 3. The van der Waals surface area contributed by atoms with Gasteiger partial charge in [0.2, 0.25) is 0 Å². The van der Waals surface area contributed by atoms with Crippen molar-refractivity contribution in [2.24, 2.45) is 0 Å². The number of nitrogens with one attached hydrogen (secondary N) is 1. The Morgan fingerprint density at radius 2 is 1.77 bits per heavy atom. The van der Waals surface area contributed by atoms with Gasteiger partial charge in [-0.05, 0) is 6.92 Å². The Morgan fingerprint density at radius 1 is 1.17 bits per heavy atom. The fourth-order valence-corrected chi connectivity index (χ4v) is 5.43. The van der Waals surface area contributed by atoms with Gasteiger partial charge in [-0.1, -0.05) is 0 Å². The number of aromatic amines is 1. The summed E-state index contributed by atoms with van der Waals surface area (Å²) in [5.74, 6) is 0. The first-order chi connectivity index (χ1) is 13.6. The number of aliphatic hydroxyl groups is 1. The molecule has 17 nitrogen and oxygen atoms in total. The lowest BCUT2D eigenvalue weighted by atomic mass is 10.2. The maximum Gasteiger partial charge on any atom is 0.508 e. The van der Waals surface area contributed by atoms with E-state index in [0.717, 1.165) is 4.57 Å². The van der Waals surface area contributed by atoms with Gasteiger partial charge in [0, 0.05) is 18.2 Å². The summed E-state index contributed by atoms with van der Waals surface area (Å²) in [5, 5.41) is 18.0. The number of aryl methyl sites for hydroxylation is 1. The summed E-state index contributed by atoms with van der Waals surface area (Å²) in [6, 6.07) is 0. The number of aromatic nitrogens is 2. The number of hydrogen-bond acceptors (Lipinski definition) is 12. The summed E-state index contributed by atoms with van der Waals surface area (Å²) in [6.45, 7) is 0.526. The Bertz CT molecular complexity index is 1030. The summed E-state index contributed by atoms with van der Waals surface area (Å²) in [4.78, 5) is 52.6. The summed E-state index contributed by atoms with van der Waals surface area (Å²) < 4.78 is 54.9. The highest BCUT2D eigenvalue weighted by Gasteiger charge is 2.44. The standard InChI is InChI=1S/C10H17N2O15P3/c1-5-3-12(10(15)11-9(5)14)8-2-6(13)7(24-8)4-23-28(17,18)26-30(21,22)27-29(19,20)25-16/h3,6-8,13,16H,2,4H2,1H3,(H,17,18)(H,19,20)(H,21,22)(H,11,14,15). The van der Waals surface area contributed by atoms with E-state index in [2.05, 4.69) is 17.8 Å². The maximum absolute atomic E-state index is 11.9. The van der Waals surface area contributed by atoms with Crippen molar-refractivity contribution in [1.29, 1.82) is 0 Å². The van der Waals surface area contributed by atoms with E-state index in [4.69, 9.17) is 19.8 Å². The van der Waals surface area contributed by atoms with Gasteiger partial charge in [-0.15, -0.1) is 4.67 Å². The highest BCUT2D eigenvalue weighted by Crippen LogP contribution is 2.67. The molecular weight excluding hydrogens is 481 g/mol. The van der Waals surface area contributed by atoms with E-state index in [1.54, 1.807) is 0 Å². The second-order valence-electron chi connectivity index (χ2n) is 5.86. The van der Waals surface area contributed by atoms with E-state index in [-0.39, 0.29) is 12.0 Å². The van der Waals surface area contributed by atoms with Crippen LogP contribution < -0.4 is 11.2 Å². The van der Waals surface area contributed by atoms with Gasteiger partial charge in [0.15, 0.2) is 0 Å². The first-order valence-corrected chi connectivity index (χ1v) is 12.2. The highest BCUT2D eigenvalue weighted by atomic mass is 31.3. The van der Waals surface area contributed by atoms with Crippen LogP contribution in [0.3, 0.4) is 0 Å². The zero-order valence-corrected chi connectivity index (χ0v) is 17.5. The second-order valence-corrected chi connectivity index (χ2v) is 10.4. The van der Waals surface area contributed by atoms with E-state index < -0.39 is 59.8 Å². The fourth-order valence-electron chi connectivity index (χ4n) is 2.32. The Morgan fingerprint density at radius 3 is 2.37 bits per heavy atom. The Labute approximate surface area is 166 Å². The number of hydrogen-bond donors (Lipinski definition) is 6. The summed E-state index contributed by atoms with van der Waals surface area (Å²) in [5.41, 5.74) is -1.28. The molecule has 0 saturated carbocycles. The minimum atomic E-state index is -5.72. The van der Waals surface area contributed by atoms with Gasteiger partial charge in [0.05, 0.1) is 12.7 Å². The summed E-state index contributed by atoms with van der Waals surface area (Å²) in [6.07, 6.45) is -2.73. The monoisotopic (exact) mass is 498 g/mol. The number of phosphoric ester groups is 1. The molecule has 2 rings (SSSR count). The molecule has 6 N–H and O–H groups in total. The molecule has 1 aliphatic heterocycles. The van der Waals surface area contributed by atoms with Crippen molar-refractivity contribution in [3.8, 4) is 0 Å². The third-order valence-corrected chi connectivity index (χ3v) is 7.56. The quantitative estimate of drug-likeness (QED) is 0.140. The average Bonchev–Trinajstić information content (AvgIpc) is 2.95. The van der Waals surface area contributed by atoms with Gasteiger partial charge in [0.1, 0.15) is 12.3 Å². The van der Waals surface area contributed by atoms with Crippen molar-refractivity contribution in [2.75, 3.05) is 6.61 Å². The van der Waals surface area contributed by atoms with Crippen molar-refractivity contribution in [1.82, 2.24) is 9.55 Å². The van der Waals surface area contributed by atoms with E-state index in [9.17, 15) is 33.3 Å². The molecule has 1 aromatic rings. The van der Waals surface area contributed by atoms with E-state index in [0.29, 0.717) is 0 Å². The highest BCUT2D eigenvalue weighted by molar-refractivity contribution is 7.66. The maximum atomic E-state index is 11.9. The molecule has 172 valence electrons. The Hall–Kier alpha value is -1.03. The van der Waals surface area contributed by atoms with Crippen LogP contribution in [0.25, 0.3) is 0 Å². The molecule has 0 radical (unpaired) electrons. The predicted octanol–water partition coefficient (Wildman–Crippen LogP) is -0.666. The van der Waals surface area contributed by atoms with Crippen LogP contribution in [0.5, 0.6) is 0 Å². The van der Waals surface area contributed by atoms with Crippen LogP contribution >= 0.6 is 23.5 Å². The smallest absolute Gasteiger partial charge is 0.390 e. The topological polar surface area (TPSA) is 253 Å². The third kappa shape index (κ3) is 6.73. The lowest BCUT2D eigenvalue weighted by molar-refractivity contribution is -0.157. The zero-order chi connectivity index (χ0) is 22.9. The van der Waals surface area contributed by atoms with Gasteiger partial charge in [-0.25, -0.2) is 23.7 Å². The molecule has 20 heteroatoms. The van der Waals surface area contributed by atoms with Crippen molar-refractivity contribution in [2.45, 2.75) is 31.8 Å². The van der Waals surface area contributed by atoms with Crippen molar-refractivity contribution in [3.05, 3.63) is 32.6 Å². The molecule has 0 aromatic carbocycles. The van der Waals surface area contributed by atoms with Gasteiger partial charge in [-0.3, -0.25) is 18.9 Å². The predicted molar refractivity (Wildman–Crippen MR) is 91.9 cm³/mol. The van der Waals surface area contributed by atoms with Crippen LogP contribution in [0.4, 0.5) is 0 Å². The molecule has 1 aliphatic rings. The Balaban J connectivity index is 2.02. The van der Waals surface area contributed by atoms with Crippen LogP contribution in [0.1, 0.15) is 18.2 Å². The minimum Gasteiger partial charge on any atom is -0.390 e. The number of ether oxygens (including phenoxy) is 1. The first kappa shape index (κ1) is 25.2. The second kappa shape index (κ2) is 9.22. The van der Waals surface area contributed by atoms with Crippen molar-refractivity contribution < 1.29 is 61.3 Å². The van der Waals surface area contributed by atoms with Crippen LogP contribution in [0, 0.1) is 6.92 Å². The molecule has 0 spiro atoms. The lowest BCUT2D eigenvalue weighted by Gasteiger charge is -2.19. The normalized spacial score (nSPS) is 27.9. The molecule has 1 fully saturated rings. The third-order valence-electron chi connectivity index (χ3n) is 3.58. The number of aliphatic hydroxyl groups excluding tert-OH is 1. The fraction of sp³-hybridized carbons (Fsp3) is 0.600. The van der Waals surface area contributed by atoms with E-state index in [1.807, 2.05) is 4.98 Å². The van der Waals surface area contributed by atoms with Gasteiger partial charge < -0.3 is 24.5 Å². The zero-order valence-electron chi connectivity index (χ0n) is 14.8. The number of nitrogens with zero attached hydrogens (tertiary/aromatic N) is 1. The SMILES string of the molecule is Cc1cn(C2CC(O)C(COP(=O)(O)OP(=O)(O)OP(=O)(O)OO)O2)c(=O)[nH]c1=O. The van der Waals surface area contributed by atoms with Gasteiger partial charge >= 0.3 is 29.2 Å². The molecular formula is C10H17N2O15P3. The van der Waals surface area contributed by atoms with Crippen LogP contribution in [-0.2, 0) is 36.3 Å². The summed E-state index contributed by atoms with van der Waals surface area (Å²) in [7, 11) is -16.6. The average molecular weight is 498 g/mol. The Kier molecular flexibility index (Phi) is 7.76. The molecule has 0 amide bonds. The molecule has 6 unspecified atom stereocenters. The minimum absolute atomic E-state index is 0.173. The van der Waals surface area contributed by atoms with E-state index >= 15 is 0 Å². The largest absolute Gasteiger partial charge is 0.508 e. The molecule has 6 atom stereocenters. The molecule has 0 aliphatic carbocycles. The number of H-pyrrole nitrogens is 1. The molecule has 1 saturated heterocycles. The van der Waals surface area contributed by atoms with Crippen molar-refractivity contribution >= 4 is 23.5 Å². The van der Waals surface area contributed by atoms with Crippen LogP contribution in [0.2, 0.25) is 0 Å². The van der Waals surface area contributed by atoms with Crippen molar-refractivity contribution in [3.63, 3.8) is 0 Å². The lowest BCUT2D eigenvalue weighted by Crippen LogP contribution is -2.33. The van der Waals surface area contributed by atoms with Crippen LogP contribution in [-0.4, -0.2) is 53.4 Å². The van der Waals surface area contributed by atoms with Crippen LogP contribution in [0.15, 0.2) is 15.8 Å². The van der Waals surface area contributed by atoms with Gasteiger partial charge in [-0.2, -0.15) is 8.62 Å². The molecule has 2 heterocycles. The van der Waals surface area contributed by atoms with Gasteiger partial charge in [0.25, 0.3) is 5.56 Å². The molecule has 0 bridgehead atoms. The first-order valence-electron chi connectivity index (χ1n) is 7.69.